The maximum absolute atomic E-state index is 3.58. The minimum Gasteiger partial charge on any atom is -0.310 e. The van der Waals surface area contributed by atoms with Gasteiger partial charge in [-0.15, -0.1) is 11.8 Å². The molecule has 0 amide bonds. The molecule has 0 bridgehead atoms. The van der Waals surface area contributed by atoms with Crippen molar-refractivity contribution in [3.05, 3.63) is 65.7 Å². The van der Waals surface area contributed by atoms with Crippen LogP contribution in [0.2, 0.25) is 0 Å². The maximum atomic E-state index is 3.58. The number of thioether (sulfide) groups is 1. The van der Waals surface area contributed by atoms with E-state index in [0.29, 0.717) is 5.25 Å². The molecule has 1 saturated carbocycles. The van der Waals surface area contributed by atoms with Crippen LogP contribution in [0.15, 0.2) is 59.5 Å². The molecule has 0 spiro atoms. The maximum Gasteiger partial charge on any atom is 0.0316 e. The van der Waals surface area contributed by atoms with Crippen LogP contribution in [-0.4, -0.2) is 6.04 Å². The zero-order chi connectivity index (χ0) is 13.8. The smallest absolute Gasteiger partial charge is 0.0316 e. The molecule has 1 N–H and O–H groups in total. The van der Waals surface area contributed by atoms with E-state index in [0.717, 1.165) is 12.6 Å². The summed E-state index contributed by atoms with van der Waals surface area (Å²) in [6.07, 6.45) is 2.69. The first-order chi connectivity index (χ1) is 9.81. The summed E-state index contributed by atoms with van der Waals surface area (Å²) >= 11 is 1.93. The monoisotopic (exact) mass is 283 g/mol. The molecule has 2 aromatic carbocycles. The van der Waals surface area contributed by atoms with Crippen LogP contribution in [0.3, 0.4) is 0 Å². The molecule has 0 radical (unpaired) electrons. The average molecular weight is 283 g/mol. The molecule has 1 nitrogen and oxygen atoms in total. The first kappa shape index (κ1) is 13.7. The molecule has 2 aromatic rings. The highest BCUT2D eigenvalue weighted by Crippen LogP contribution is 2.34. The zero-order valence-corrected chi connectivity index (χ0v) is 12.7. The van der Waals surface area contributed by atoms with Gasteiger partial charge in [-0.25, -0.2) is 0 Å². The molecule has 1 aliphatic carbocycles. The Morgan fingerprint density at radius 1 is 1.10 bits per heavy atom. The summed E-state index contributed by atoms with van der Waals surface area (Å²) in [5, 5.41) is 4.06. The fraction of sp³-hybridized carbons (Fsp3) is 0.333. The molecule has 0 aliphatic heterocycles. The second kappa shape index (κ2) is 6.47. The first-order valence-corrected chi connectivity index (χ1v) is 8.23. The van der Waals surface area contributed by atoms with Gasteiger partial charge in [-0.3, -0.25) is 0 Å². The van der Waals surface area contributed by atoms with Crippen molar-refractivity contribution in [2.24, 2.45) is 0 Å². The average Bonchev–Trinajstić information content (AvgIpc) is 3.31. The topological polar surface area (TPSA) is 12.0 Å². The number of hydrogen-bond donors (Lipinski definition) is 1. The number of hydrogen-bond acceptors (Lipinski definition) is 2. The van der Waals surface area contributed by atoms with Crippen LogP contribution in [0.4, 0.5) is 0 Å². The quantitative estimate of drug-likeness (QED) is 0.765. The first-order valence-electron chi connectivity index (χ1n) is 7.35. The van der Waals surface area contributed by atoms with Crippen LogP contribution in [0.25, 0.3) is 0 Å². The number of benzene rings is 2. The van der Waals surface area contributed by atoms with Crippen molar-refractivity contribution in [1.82, 2.24) is 5.32 Å². The van der Waals surface area contributed by atoms with E-state index in [1.54, 1.807) is 0 Å². The highest BCUT2D eigenvalue weighted by molar-refractivity contribution is 7.99. The van der Waals surface area contributed by atoms with Crippen LogP contribution >= 0.6 is 11.8 Å². The summed E-state index contributed by atoms with van der Waals surface area (Å²) in [5.74, 6) is 0. The van der Waals surface area contributed by atoms with E-state index in [4.69, 9.17) is 0 Å². The molecule has 1 unspecified atom stereocenters. The van der Waals surface area contributed by atoms with Gasteiger partial charge in [-0.05, 0) is 43.0 Å². The van der Waals surface area contributed by atoms with Gasteiger partial charge >= 0.3 is 0 Å². The van der Waals surface area contributed by atoms with Gasteiger partial charge in [0.05, 0.1) is 0 Å². The largest absolute Gasteiger partial charge is 0.310 e. The number of rotatable bonds is 6. The van der Waals surface area contributed by atoms with E-state index in [-0.39, 0.29) is 0 Å². The van der Waals surface area contributed by atoms with Gasteiger partial charge < -0.3 is 5.32 Å². The molecule has 2 heteroatoms. The fourth-order valence-electron chi connectivity index (χ4n) is 2.27. The zero-order valence-electron chi connectivity index (χ0n) is 11.9. The highest BCUT2D eigenvalue weighted by atomic mass is 32.2. The molecular formula is C18H21NS. The van der Waals surface area contributed by atoms with Crippen LogP contribution in [-0.2, 0) is 6.54 Å². The van der Waals surface area contributed by atoms with Gasteiger partial charge in [0.1, 0.15) is 0 Å². The van der Waals surface area contributed by atoms with Crippen molar-refractivity contribution in [2.75, 3.05) is 0 Å². The Kier molecular flexibility index (Phi) is 4.44. The van der Waals surface area contributed by atoms with E-state index in [1.165, 1.54) is 28.9 Å². The standard InChI is InChI=1S/C18H21NS/c1-14(16-7-3-2-4-8-16)20-18-9-5-6-15(12-18)13-19-17-10-11-17/h2-9,12,14,17,19H,10-11,13H2,1H3. The fourth-order valence-corrected chi connectivity index (χ4v) is 3.35. The van der Waals surface area contributed by atoms with E-state index in [1.807, 2.05) is 11.8 Å². The van der Waals surface area contributed by atoms with Gasteiger partial charge in [-0.2, -0.15) is 0 Å². The second-order valence-electron chi connectivity index (χ2n) is 5.47. The third-order valence-corrected chi connectivity index (χ3v) is 4.80. The molecule has 1 fully saturated rings. The Balaban J connectivity index is 1.62. The predicted octanol–water partition coefficient (Wildman–Crippen LogP) is 4.79. The van der Waals surface area contributed by atoms with E-state index in [2.05, 4.69) is 66.8 Å². The second-order valence-corrected chi connectivity index (χ2v) is 6.89. The third-order valence-electron chi connectivity index (χ3n) is 3.65. The van der Waals surface area contributed by atoms with Crippen LogP contribution in [0, 0.1) is 0 Å². The number of nitrogens with one attached hydrogen (secondary N) is 1. The van der Waals surface area contributed by atoms with Crippen molar-refractivity contribution < 1.29 is 0 Å². The van der Waals surface area contributed by atoms with E-state index < -0.39 is 0 Å². The molecule has 0 aromatic heterocycles. The summed E-state index contributed by atoms with van der Waals surface area (Å²) in [5.41, 5.74) is 2.78. The molecule has 104 valence electrons. The van der Waals surface area contributed by atoms with Crippen molar-refractivity contribution in [2.45, 2.75) is 42.5 Å². The summed E-state index contributed by atoms with van der Waals surface area (Å²) in [7, 11) is 0. The van der Waals surface area contributed by atoms with E-state index in [9.17, 15) is 0 Å². The van der Waals surface area contributed by atoms with Gasteiger partial charge in [0.2, 0.25) is 0 Å². The summed E-state index contributed by atoms with van der Waals surface area (Å²) in [6.45, 7) is 3.27. The molecule has 0 saturated heterocycles. The van der Waals surface area contributed by atoms with Crippen LogP contribution in [0.5, 0.6) is 0 Å². The third kappa shape index (κ3) is 3.87. The van der Waals surface area contributed by atoms with Crippen molar-refractivity contribution in [3.8, 4) is 0 Å². The molecule has 1 atom stereocenters. The molecular weight excluding hydrogens is 262 g/mol. The summed E-state index contributed by atoms with van der Waals surface area (Å²) in [4.78, 5) is 1.36. The van der Waals surface area contributed by atoms with Crippen LogP contribution in [0.1, 0.15) is 36.1 Å². The summed E-state index contributed by atoms with van der Waals surface area (Å²) in [6, 6.07) is 20.4. The lowest BCUT2D eigenvalue weighted by atomic mass is 10.2. The van der Waals surface area contributed by atoms with Gasteiger partial charge in [0.15, 0.2) is 0 Å². The van der Waals surface area contributed by atoms with Crippen molar-refractivity contribution in [1.29, 1.82) is 0 Å². The highest BCUT2D eigenvalue weighted by Gasteiger charge is 2.19. The molecule has 0 heterocycles. The molecule has 20 heavy (non-hydrogen) atoms. The predicted molar refractivity (Wildman–Crippen MR) is 87.0 cm³/mol. The Bertz CT molecular complexity index is 548. The Hall–Kier alpha value is -1.25. The SMILES string of the molecule is CC(Sc1cccc(CNC2CC2)c1)c1ccccc1. The van der Waals surface area contributed by atoms with Crippen molar-refractivity contribution in [3.63, 3.8) is 0 Å². The van der Waals surface area contributed by atoms with Gasteiger partial charge in [-0.1, -0.05) is 42.5 Å². The normalized spacial score (nSPS) is 16.1. The lowest BCUT2D eigenvalue weighted by Gasteiger charge is -2.12. The van der Waals surface area contributed by atoms with Crippen LogP contribution < -0.4 is 5.32 Å². The molecule has 3 rings (SSSR count). The van der Waals surface area contributed by atoms with Gasteiger partial charge in [0.25, 0.3) is 0 Å². The lowest BCUT2D eigenvalue weighted by Crippen LogP contribution is -2.15. The Morgan fingerprint density at radius 2 is 1.90 bits per heavy atom. The molecule has 1 aliphatic rings. The minimum atomic E-state index is 0.489. The summed E-state index contributed by atoms with van der Waals surface area (Å²) < 4.78 is 0. The van der Waals surface area contributed by atoms with Gasteiger partial charge in [0, 0.05) is 22.7 Å². The van der Waals surface area contributed by atoms with E-state index >= 15 is 0 Å². The lowest BCUT2D eigenvalue weighted by molar-refractivity contribution is 0.687. The van der Waals surface area contributed by atoms with Crippen molar-refractivity contribution >= 4 is 11.8 Å². The minimum absolute atomic E-state index is 0.489. The Labute approximate surface area is 125 Å². The Morgan fingerprint density at radius 3 is 2.65 bits per heavy atom.